The van der Waals surface area contributed by atoms with Gasteiger partial charge in [0, 0.05) is 25.3 Å². The number of halogens is 1. The molecule has 1 rings (SSSR count). The zero-order valence-corrected chi connectivity index (χ0v) is 11.0. The van der Waals surface area contributed by atoms with Gasteiger partial charge in [-0.3, -0.25) is 0 Å². The smallest absolute Gasteiger partial charge is 0.129 e. The number of aliphatic hydroxyl groups excluding tert-OH is 2. The third-order valence-corrected chi connectivity index (χ3v) is 2.99. The Labute approximate surface area is 108 Å². The molecule has 0 aliphatic carbocycles. The van der Waals surface area contributed by atoms with E-state index in [-0.39, 0.29) is 17.8 Å². The molecule has 0 fully saturated rings. The standard InChI is InChI=1S/C14H22FNO2/c1-14(2,7-8-17)10-16-9-13(18)11-5-3-4-6-12(11)15/h3-6,13,16-18H,7-10H2,1-2H3. The van der Waals surface area contributed by atoms with Gasteiger partial charge in [-0.25, -0.2) is 4.39 Å². The predicted molar refractivity (Wildman–Crippen MR) is 69.7 cm³/mol. The van der Waals surface area contributed by atoms with Gasteiger partial charge in [0.25, 0.3) is 0 Å². The van der Waals surface area contributed by atoms with Crippen LogP contribution in [-0.2, 0) is 0 Å². The molecule has 0 aliphatic rings. The third-order valence-electron chi connectivity index (χ3n) is 2.99. The Hall–Kier alpha value is -0.970. The lowest BCUT2D eigenvalue weighted by molar-refractivity contribution is 0.157. The zero-order valence-electron chi connectivity index (χ0n) is 11.0. The van der Waals surface area contributed by atoms with Crippen LogP contribution in [0.1, 0.15) is 31.9 Å². The molecule has 0 aromatic heterocycles. The number of aliphatic hydroxyl groups is 2. The average molecular weight is 255 g/mol. The molecule has 1 unspecified atom stereocenters. The second kappa shape index (κ2) is 6.83. The Morgan fingerprint density at radius 2 is 2.00 bits per heavy atom. The first-order chi connectivity index (χ1) is 8.46. The Balaban J connectivity index is 2.43. The molecule has 0 aliphatic heterocycles. The van der Waals surface area contributed by atoms with Crippen LogP contribution in [0.2, 0.25) is 0 Å². The second-order valence-electron chi connectivity index (χ2n) is 5.31. The Morgan fingerprint density at radius 1 is 1.33 bits per heavy atom. The van der Waals surface area contributed by atoms with Crippen molar-refractivity contribution in [1.82, 2.24) is 5.32 Å². The summed E-state index contributed by atoms with van der Waals surface area (Å²) in [6, 6.07) is 6.23. The quantitative estimate of drug-likeness (QED) is 0.697. The fourth-order valence-electron chi connectivity index (χ4n) is 1.79. The molecule has 1 aromatic rings. The number of hydrogen-bond acceptors (Lipinski definition) is 3. The van der Waals surface area contributed by atoms with Gasteiger partial charge in [-0.15, -0.1) is 0 Å². The molecule has 102 valence electrons. The summed E-state index contributed by atoms with van der Waals surface area (Å²) in [4.78, 5) is 0. The third kappa shape index (κ3) is 4.72. The van der Waals surface area contributed by atoms with Gasteiger partial charge >= 0.3 is 0 Å². The number of hydrogen-bond donors (Lipinski definition) is 3. The van der Waals surface area contributed by atoms with E-state index in [9.17, 15) is 9.50 Å². The Morgan fingerprint density at radius 3 is 2.61 bits per heavy atom. The Kier molecular flexibility index (Phi) is 5.72. The van der Waals surface area contributed by atoms with Crippen LogP contribution >= 0.6 is 0 Å². The molecular weight excluding hydrogens is 233 g/mol. The van der Waals surface area contributed by atoms with Crippen molar-refractivity contribution in [3.8, 4) is 0 Å². The molecule has 4 heteroatoms. The van der Waals surface area contributed by atoms with Crippen molar-refractivity contribution < 1.29 is 14.6 Å². The first-order valence-corrected chi connectivity index (χ1v) is 6.20. The van der Waals surface area contributed by atoms with Crippen molar-refractivity contribution in [2.45, 2.75) is 26.4 Å². The van der Waals surface area contributed by atoms with Gasteiger partial charge in [0.2, 0.25) is 0 Å². The maximum atomic E-state index is 13.4. The molecule has 0 bridgehead atoms. The maximum Gasteiger partial charge on any atom is 0.129 e. The van der Waals surface area contributed by atoms with E-state index in [4.69, 9.17) is 5.11 Å². The molecule has 3 nitrogen and oxygen atoms in total. The van der Waals surface area contributed by atoms with Crippen LogP contribution in [0.4, 0.5) is 4.39 Å². The molecule has 0 saturated heterocycles. The lowest BCUT2D eigenvalue weighted by Gasteiger charge is -2.25. The summed E-state index contributed by atoms with van der Waals surface area (Å²) in [7, 11) is 0. The summed E-state index contributed by atoms with van der Waals surface area (Å²) in [5.41, 5.74) is 0.272. The van der Waals surface area contributed by atoms with E-state index < -0.39 is 6.10 Å². The van der Waals surface area contributed by atoms with Gasteiger partial charge in [0.05, 0.1) is 6.10 Å². The van der Waals surface area contributed by atoms with Crippen molar-refractivity contribution in [2.75, 3.05) is 19.7 Å². The van der Waals surface area contributed by atoms with Gasteiger partial charge in [0.15, 0.2) is 0 Å². The molecule has 18 heavy (non-hydrogen) atoms. The highest BCUT2D eigenvalue weighted by Gasteiger charge is 2.18. The normalized spacial score (nSPS) is 13.6. The van der Waals surface area contributed by atoms with Gasteiger partial charge in [-0.1, -0.05) is 32.0 Å². The summed E-state index contributed by atoms with van der Waals surface area (Å²) >= 11 is 0. The highest BCUT2D eigenvalue weighted by Crippen LogP contribution is 2.19. The van der Waals surface area contributed by atoms with Crippen molar-refractivity contribution in [1.29, 1.82) is 0 Å². The minimum Gasteiger partial charge on any atom is -0.396 e. The van der Waals surface area contributed by atoms with Crippen LogP contribution in [0.25, 0.3) is 0 Å². The molecular formula is C14H22FNO2. The highest BCUT2D eigenvalue weighted by atomic mass is 19.1. The van der Waals surface area contributed by atoms with E-state index in [1.54, 1.807) is 18.2 Å². The predicted octanol–water partition coefficient (Wildman–Crippen LogP) is 1.86. The van der Waals surface area contributed by atoms with Crippen LogP contribution in [0, 0.1) is 11.2 Å². The monoisotopic (exact) mass is 255 g/mol. The van der Waals surface area contributed by atoms with E-state index in [2.05, 4.69) is 5.32 Å². The molecule has 3 N–H and O–H groups in total. The summed E-state index contributed by atoms with van der Waals surface area (Å²) in [5.74, 6) is -0.388. The largest absolute Gasteiger partial charge is 0.396 e. The molecule has 1 atom stereocenters. The first-order valence-electron chi connectivity index (χ1n) is 6.20. The van der Waals surface area contributed by atoms with Crippen LogP contribution < -0.4 is 5.32 Å². The molecule has 0 amide bonds. The molecule has 1 aromatic carbocycles. The lowest BCUT2D eigenvalue weighted by atomic mass is 9.89. The van der Waals surface area contributed by atoms with Crippen LogP contribution in [0.15, 0.2) is 24.3 Å². The Bertz CT molecular complexity index is 369. The number of nitrogens with one attached hydrogen (secondary N) is 1. The van der Waals surface area contributed by atoms with E-state index in [0.717, 1.165) is 0 Å². The van der Waals surface area contributed by atoms with E-state index in [1.807, 2.05) is 13.8 Å². The molecule has 0 radical (unpaired) electrons. The van der Waals surface area contributed by atoms with E-state index >= 15 is 0 Å². The first kappa shape index (κ1) is 15.1. The topological polar surface area (TPSA) is 52.5 Å². The van der Waals surface area contributed by atoms with Gasteiger partial charge in [-0.05, 0) is 17.9 Å². The molecule has 0 saturated carbocycles. The minimum atomic E-state index is -0.851. The van der Waals surface area contributed by atoms with Crippen LogP contribution in [0.3, 0.4) is 0 Å². The molecule has 0 spiro atoms. The van der Waals surface area contributed by atoms with Gasteiger partial charge in [-0.2, -0.15) is 0 Å². The highest BCUT2D eigenvalue weighted by molar-refractivity contribution is 5.19. The fourth-order valence-corrected chi connectivity index (χ4v) is 1.79. The SMILES string of the molecule is CC(C)(CCO)CNCC(O)c1ccccc1F. The van der Waals surface area contributed by atoms with Crippen molar-refractivity contribution in [2.24, 2.45) is 5.41 Å². The number of rotatable bonds is 7. The van der Waals surface area contributed by atoms with E-state index in [1.165, 1.54) is 6.07 Å². The van der Waals surface area contributed by atoms with Gasteiger partial charge < -0.3 is 15.5 Å². The van der Waals surface area contributed by atoms with E-state index in [0.29, 0.717) is 25.1 Å². The number of benzene rings is 1. The summed E-state index contributed by atoms with van der Waals surface area (Å²) in [6.45, 7) is 5.18. The van der Waals surface area contributed by atoms with Crippen LogP contribution in [-0.4, -0.2) is 29.9 Å². The molecule has 0 heterocycles. The summed E-state index contributed by atoms with van der Waals surface area (Å²) in [6.07, 6.45) is -0.161. The summed E-state index contributed by atoms with van der Waals surface area (Å²) in [5, 5.41) is 21.9. The van der Waals surface area contributed by atoms with Crippen molar-refractivity contribution >= 4 is 0 Å². The lowest BCUT2D eigenvalue weighted by Crippen LogP contribution is -2.33. The fraction of sp³-hybridized carbons (Fsp3) is 0.571. The zero-order chi connectivity index (χ0) is 13.6. The van der Waals surface area contributed by atoms with Crippen molar-refractivity contribution in [3.05, 3.63) is 35.6 Å². The minimum absolute atomic E-state index is 0.0380. The van der Waals surface area contributed by atoms with Crippen LogP contribution in [0.5, 0.6) is 0 Å². The van der Waals surface area contributed by atoms with Crippen molar-refractivity contribution in [3.63, 3.8) is 0 Å². The summed E-state index contributed by atoms with van der Waals surface area (Å²) < 4.78 is 13.4. The van der Waals surface area contributed by atoms with Gasteiger partial charge in [0.1, 0.15) is 5.82 Å². The average Bonchev–Trinajstić information content (AvgIpc) is 2.29. The maximum absolute atomic E-state index is 13.4. The second-order valence-corrected chi connectivity index (χ2v) is 5.31.